The van der Waals surface area contributed by atoms with Crippen LogP contribution in [0.3, 0.4) is 0 Å². The number of nitrogens with zero attached hydrogens (tertiary/aromatic N) is 3. The number of aromatic amines is 1. The van der Waals surface area contributed by atoms with Gasteiger partial charge in [-0.3, -0.25) is 9.78 Å². The summed E-state index contributed by atoms with van der Waals surface area (Å²) in [5, 5.41) is 14.6. The molecule has 3 aromatic heterocycles. The van der Waals surface area contributed by atoms with Crippen LogP contribution in [-0.4, -0.2) is 38.2 Å². The number of aromatic nitrogens is 4. The molecule has 154 valence electrons. The maximum atomic E-state index is 13.3. The zero-order chi connectivity index (χ0) is 21.1. The highest BCUT2D eigenvalue weighted by molar-refractivity contribution is 7.14. The van der Waals surface area contributed by atoms with Crippen molar-refractivity contribution in [3.63, 3.8) is 0 Å². The number of anilines is 1. The van der Waals surface area contributed by atoms with E-state index in [1.165, 1.54) is 23.6 Å². The molecule has 0 aliphatic heterocycles. The molecule has 0 amide bonds. The lowest BCUT2D eigenvalue weighted by Crippen LogP contribution is -2.14. The van der Waals surface area contributed by atoms with Gasteiger partial charge >= 0.3 is 0 Å². The first kappa shape index (κ1) is 19.9. The van der Waals surface area contributed by atoms with Crippen molar-refractivity contribution in [3.8, 4) is 17.1 Å². The van der Waals surface area contributed by atoms with Crippen molar-refractivity contribution >= 4 is 27.4 Å². The third-order valence-electron chi connectivity index (χ3n) is 4.02. The minimum Gasteiger partial charge on any atom is -0.485 e. The Morgan fingerprint density at radius 1 is 1.20 bits per heavy atom. The van der Waals surface area contributed by atoms with Crippen LogP contribution in [0.1, 0.15) is 5.82 Å². The summed E-state index contributed by atoms with van der Waals surface area (Å²) >= 11 is 1.33. The maximum absolute atomic E-state index is 13.3. The summed E-state index contributed by atoms with van der Waals surface area (Å²) in [5.41, 5.74) is 0.846. The van der Waals surface area contributed by atoms with E-state index in [1.807, 2.05) is 0 Å². The van der Waals surface area contributed by atoms with E-state index in [0.717, 1.165) is 18.2 Å². The van der Waals surface area contributed by atoms with Crippen molar-refractivity contribution in [2.45, 2.75) is 6.61 Å². The molecule has 1 aromatic carbocycles. The minimum absolute atomic E-state index is 0.0271. The first-order valence-corrected chi connectivity index (χ1v) is 9.69. The van der Waals surface area contributed by atoms with Crippen LogP contribution in [-0.2, 0) is 6.61 Å². The van der Waals surface area contributed by atoms with E-state index in [4.69, 9.17) is 9.84 Å². The molecule has 8 nitrogen and oxygen atoms in total. The van der Waals surface area contributed by atoms with Crippen molar-refractivity contribution in [2.75, 3.05) is 18.5 Å². The molecule has 0 aliphatic rings. The molecular formula is C19H15F2N5O3S. The number of rotatable bonds is 7. The van der Waals surface area contributed by atoms with E-state index in [0.29, 0.717) is 34.0 Å². The quantitative estimate of drug-likeness (QED) is 0.412. The van der Waals surface area contributed by atoms with Crippen molar-refractivity contribution in [1.29, 1.82) is 0 Å². The van der Waals surface area contributed by atoms with Crippen LogP contribution < -0.4 is 15.6 Å². The lowest BCUT2D eigenvalue weighted by molar-refractivity contribution is 0.292. The molecule has 3 heterocycles. The zero-order valence-corrected chi connectivity index (χ0v) is 16.2. The van der Waals surface area contributed by atoms with Gasteiger partial charge in [-0.25, -0.2) is 18.7 Å². The molecular weight excluding hydrogens is 416 g/mol. The van der Waals surface area contributed by atoms with Crippen molar-refractivity contribution in [2.24, 2.45) is 0 Å². The number of fused-ring (bicyclic) bond motifs is 1. The van der Waals surface area contributed by atoms with Crippen LogP contribution in [0, 0.1) is 11.6 Å². The summed E-state index contributed by atoms with van der Waals surface area (Å²) in [5.74, 6) is -1.41. The van der Waals surface area contributed by atoms with Crippen molar-refractivity contribution in [1.82, 2.24) is 19.9 Å². The van der Waals surface area contributed by atoms with E-state index in [1.54, 1.807) is 5.38 Å². The summed E-state index contributed by atoms with van der Waals surface area (Å²) in [6.07, 6.45) is 1.49. The summed E-state index contributed by atoms with van der Waals surface area (Å²) < 4.78 is 32.0. The molecule has 0 atom stereocenters. The highest BCUT2D eigenvalue weighted by atomic mass is 32.1. The summed E-state index contributed by atoms with van der Waals surface area (Å²) in [6, 6.07) is 4.34. The Hall–Kier alpha value is -3.44. The highest BCUT2D eigenvalue weighted by Crippen LogP contribution is 2.27. The molecule has 4 aromatic rings. The standard InChI is InChI=1S/C19H15F2N5O3S/c20-10-5-11(21)7-12(6-10)29-8-15-25-16-13(18(28)26-15)1-2-22-17(16)14-9-30-19(24-14)23-3-4-27/h1-2,5-7,9,27H,3-4,8H2,(H,23,24)(H,25,26,28). The van der Waals surface area contributed by atoms with Crippen LogP contribution in [0.15, 0.2) is 40.6 Å². The Bertz CT molecular complexity index is 1240. The van der Waals surface area contributed by atoms with Gasteiger partial charge in [0.2, 0.25) is 0 Å². The van der Waals surface area contributed by atoms with Crippen LogP contribution >= 0.6 is 11.3 Å². The number of H-pyrrole nitrogens is 1. The lowest BCUT2D eigenvalue weighted by Gasteiger charge is -2.08. The normalized spacial score (nSPS) is 11.0. The van der Waals surface area contributed by atoms with Gasteiger partial charge in [0.15, 0.2) is 5.13 Å². The second-order valence-corrected chi connectivity index (χ2v) is 7.01. The molecule has 0 spiro atoms. The molecule has 11 heteroatoms. The van der Waals surface area contributed by atoms with E-state index in [-0.39, 0.29) is 24.8 Å². The second kappa shape index (κ2) is 8.51. The maximum Gasteiger partial charge on any atom is 0.258 e. The van der Waals surface area contributed by atoms with Crippen LogP contribution in [0.4, 0.5) is 13.9 Å². The molecule has 0 bridgehead atoms. The largest absolute Gasteiger partial charge is 0.485 e. The number of thiazole rings is 1. The molecule has 30 heavy (non-hydrogen) atoms. The van der Waals surface area contributed by atoms with Crippen molar-refractivity contribution < 1.29 is 18.6 Å². The summed E-state index contributed by atoms with van der Waals surface area (Å²) in [4.78, 5) is 28.2. The number of halogens is 2. The van der Waals surface area contributed by atoms with Crippen LogP contribution in [0.5, 0.6) is 5.75 Å². The van der Waals surface area contributed by atoms with Gasteiger partial charge in [0.1, 0.15) is 46.7 Å². The fraction of sp³-hybridized carbons (Fsp3) is 0.158. The van der Waals surface area contributed by atoms with Gasteiger partial charge < -0.3 is 20.1 Å². The van der Waals surface area contributed by atoms with Crippen LogP contribution in [0.25, 0.3) is 22.3 Å². The number of aliphatic hydroxyl groups excluding tert-OH is 1. The topological polar surface area (TPSA) is 113 Å². The van der Waals surface area contributed by atoms with E-state index in [2.05, 4.69) is 25.3 Å². The number of ether oxygens (including phenoxy) is 1. The molecule has 0 aliphatic carbocycles. The van der Waals surface area contributed by atoms with Crippen molar-refractivity contribution in [3.05, 3.63) is 63.7 Å². The molecule has 0 saturated heterocycles. The Balaban J connectivity index is 1.67. The fourth-order valence-corrected chi connectivity index (χ4v) is 3.48. The molecule has 0 saturated carbocycles. The molecule has 0 fully saturated rings. The number of benzene rings is 1. The number of hydrogen-bond donors (Lipinski definition) is 3. The third kappa shape index (κ3) is 4.26. The molecule has 4 rings (SSSR count). The predicted octanol–water partition coefficient (Wildman–Crippen LogP) is 2.70. The molecule has 0 unspecified atom stereocenters. The number of pyridine rings is 1. The van der Waals surface area contributed by atoms with Gasteiger partial charge in [-0.1, -0.05) is 0 Å². The number of aliphatic hydroxyl groups is 1. The zero-order valence-electron chi connectivity index (χ0n) is 15.4. The Morgan fingerprint density at radius 2 is 2.00 bits per heavy atom. The average molecular weight is 431 g/mol. The smallest absolute Gasteiger partial charge is 0.258 e. The molecule has 3 N–H and O–H groups in total. The van der Waals surface area contributed by atoms with Gasteiger partial charge in [-0.15, -0.1) is 11.3 Å². The predicted molar refractivity (Wildman–Crippen MR) is 108 cm³/mol. The summed E-state index contributed by atoms with van der Waals surface area (Å²) in [6.45, 7) is 0.121. The first-order chi connectivity index (χ1) is 14.5. The van der Waals surface area contributed by atoms with Gasteiger partial charge in [0.25, 0.3) is 5.56 Å². The fourth-order valence-electron chi connectivity index (χ4n) is 2.76. The van der Waals surface area contributed by atoms with E-state index < -0.39 is 17.2 Å². The minimum atomic E-state index is -0.773. The van der Waals surface area contributed by atoms with Gasteiger partial charge in [-0.2, -0.15) is 0 Å². The van der Waals surface area contributed by atoms with Gasteiger partial charge in [-0.05, 0) is 6.07 Å². The highest BCUT2D eigenvalue weighted by Gasteiger charge is 2.14. The average Bonchev–Trinajstić information content (AvgIpc) is 3.18. The van der Waals surface area contributed by atoms with E-state index in [9.17, 15) is 13.6 Å². The first-order valence-electron chi connectivity index (χ1n) is 8.81. The number of nitrogens with one attached hydrogen (secondary N) is 2. The summed E-state index contributed by atoms with van der Waals surface area (Å²) in [7, 11) is 0. The third-order valence-corrected chi connectivity index (χ3v) is 4.82. The van der Waals surface area contributed by atoms with Gasteiger partial charge in [0, 0.05) is 36.3 Å². The van der Waals surface area contributed by atoms with E-state index >= 15 is 0 Å². The second-order valence-electron chi connectivity index (χ2n) is 6.15. The Morgan fingerprint density at radius 3 is 2.77 bits per heavy atom. The van der Waals surface area contributed by atoms with Crippen LogP contribution in [0.2, 0.25) is 0 Å². The van der Waals surface area contributed by atoms with Gasteiger partial charge in [0.05, 0.1) is 12.0 Å². The Kier molecular flexibility index (Phi) is 5.63. The SMILES string of the molecule is O=c1[nH]c(COc2cc(F)cc(F)c2)nc2c(-c3csc(NCCO)n3)nccc12. The Labute approximate surface area is 172 Å². The number of hydrogen-bond acceptors (Lipinski definition) is 8. The molecule has 0 radical (unpaired) electrons. The monoisotopic (exact) mass is 431 g/mol. The lowest BCUT2D eigenvalue weighted by atomic mass is 10.2.